The van der Waals surface area contributed by atoms with Gasteiger partial charge in [-0.2, -0.15) is 0 Å². The summed E-state index contributed by atoms with van der Waals surface area (Å²) < 4.78 is 10.2. The Morgan fingerprint density at radius 1 is 1.00 bits per heavy atom. The largest absolute Gasteiger partial charge is 0.380 e. The van der Waals surface area contributed by atoms with E-state index in [4.69, 9.17) is 9.47 Å². The average Bonchev–Trinajstić information content (AvgIpc) is 2.09. The van der Waals surface area contributed by atoms with Crippen molar-refractivity contribution < 1.29 is 9.47 Å². The third-order valence-electron chi connectivity index (χ3n) is 1.96. The van der Waals surface area contributed by atoms with E-state index in [0.29, 0.717) is 13.2 Å². The molecule has 0 atom stereocenters. The lowest BCUT2D eigenvalue weighted by atomic mass is 9.99. The first-order valence-corrected chi connectivity index (χ1v) is 4.24. The van der Waals surface area contributed by atoms with Crippen molar-refractivity contribution in [3.63, 3.8) is 0 Å². The first-order chi connectivity index (χ1) is 5.88. The molecule has 0 fully saturated rings. The van der Waals surface area contributed by atoms with E-state index in [9.17, 15) is 0 Å². The van der Waals surface area contributed by atoms with E-state index in [1.165, 1.54) is 11.1 Å². The molecule has 2 nitrogen and oxygen atoms in total. The topological polar surface area (TPSA) is 18.5 Å². The van der Waals surface area contributed by atoms with E-state index in [-0.39, 0.29) is 0 Å². The molecule has 0 radical (unpaired) electrons. The monoisotopic (exact) mass is 168 g/mol. The number of rotatable bonds is 4. The van der Waals surface area contributed by atoms with Gasteiger partial charge in [-0.3, -0.25) is 0 Å². The van der Waals surface area contributed by atoms with Gasteiger partial charge in [-0.15, -0.1) is 0 Å². The van der Waals surface area contributed by atoms with E-state index in [2.05, 4.69) is 12.2 Å². The van der Waals surface area contributed by atoms with Crippen LogP contribution in [0, 0.1) is 0 Å². The number of hydrogen-bond acceptors (Lipinski definition) is 2. The first kappa shape index (κ1) is 9.49. The Labute approximate surface area is 73.9 Å². The van der Waals surface area contributed by atoms with Gasteiger partial charge in [0, 0.05) is 14.2 Å². The molecule has 0 aromatic carbocycles. The quantitative estimate of drug-likeness (QED) is 0.638. The predicted octanol–water partition coefficient (Wildman–Crippen LogP) is 1.93. The Hall–Kier alpha value is -0.600. The zero-order valence-electron chi connectivity index (χ0n) is 7.80. The highest BCUT2D eigenvalue weighted by Gasteiger charge is 2.07. The van der Waals surface area contributed by atoms with Crippen molar-refractivity contribution in [3.05, 3.63) is 23.3 Å². The molecule has 0 aromatic rings. The second kappa shape index (κ2) is 5.12. The van der Waals surface area contributed by atoms with E-state index in [1.807, 2.05) is 0 Å². The van der Waals surface area contributed by atoms with Crippen LogP contribution in [0.5, 0.6) is 0 Å². The maximum Gasteiger partial charge on any atom is 0.0713 e. The molecule has 0 heterocycles. The summed E-state index contributed by atoms with van der Waals surface area (Å²) in [6.07, 6.45) is 6.73. The van der Waals surface area contributed by atoms with Gasteiger partial charge in [0.1, 0.15) is 0 Å². The second-order valence-electron chi connectivity index (χ2n) is 2.90. The van der Waals surface area contributed by atoms with Crippen LogP contribution in [0.3, 0.4) is 0 Å². The van der Waals surface area contributed by atoms with Crippen LogP contribution in [0.15, 0.2) is 23.3 Å². The maximum atomic E-state index is 5.09. The maximum absolute atomic E-state index is 5.09. The molecule has 0 saturated heterocycles. The molecule has 0 N–H and O–H groups in total. The highest BCUT2D eigenvalue weighted by atomic mass is 16.5. The molecule has 0 aromatic heterocycles. The van der Waals surface area contributed by atoms with Crippen LogP contribution in [0.4, 0.5) is 0 Å². The van der Waals surface area contributed by atoms with Gasteiger partial charge in [-0.1, -0.05) is 12.2 Å². The van der Waals surface area contributed by atoms with Gasteiger partial charge in [-0.05, 0) is 24.0 Å². The third kappa shape index (κ3) is 2.47. The van der Waals surface area contributed by atoms with Crippen molar-refractivity contribution in [3.8, 4) is 0 Å². The Kier molecular flexibility index (Phi) is 4.05. The lowest BCUT2D eigenvalue weighted by Crippen LogP contribution is -2.06. The highest BCUT2D eigenvalue weighted by Crippen LogP contribution is 2.18. The molecule has 0 saturated carbocycles. The van der Waals surface area contributed by atoms with Gasteiger partial charge >= 0.3 is 0 Å². The summed E-state index contributed by atoms with van der Waals surface area (Å²) in [5, 5.41) is 0. The summed E-state index contributed by atoms with van der Waals surface area (Å²) >= 11 is 0. The molecular weight excluding hydrogens is 152 g/mol. The fraction of sp³-hybridized carbons (Fsp3) is 0.600. The summed E-state index contributed by atoms with van der Waals surface area (Å²) in [4.78, 5) is 0. The van der Waals surface area contributed by atoms with Crippen LogP contribution in [-0.2, 0) is 9.47 Å². The Morgan fingerprint density at radius 3 is 1.75 bits per heavy atom. The first-order valence-electron chi connectivity index (χ1n) is 4.24. The predicted molar refractivity (Wildman–Crippen MR) is 49.2 cm³/mol. The Balaban J connectivity index is 2.55. The van der Waals surface area contributed by atoms with Crippen LogP contribution in [0.1, 0.15) is 12.8 Å². The van der Waals surface area contributed by atoms with Crippen LogP contribution in [0.2, 0.25) is 0 Å². The van der Waals surface area contributed by atoms with E-state index in [0.717, 1.165) is 12.8 Å². The summed E-state index contributed by atoms with van der Waals surface area (Å²) in [5.74, 6) is 0. The summed E-state index contributed by atoms with van der Waals surface area (Å²) in [7, 11) is 3.44. The molecule has 1 aliphatic rings. The van der Waals surface area contributed by atoms with Gasteiger partial charge < -0.3 is 9.47 Å². The second-order valence-corrected chi connectivity index (χ2v) is 2.90. The fourth-order valence-corrected chi connectivity index (χ4v) is 1.39. The molecule has 0 amide bonds. The molecule has 2 heteroatoms. The summed E-state index contributed by atoms with van der Waals surface area (Å²) in [5.41, 5.74) is 2.57. The van der Waals surface area contributed by atoms with Gasteiger partial charge in [-0.25, -0.2) is 0 Å². The van der Waals surface area contributed by atoms with Crippen LogP contribution in [-0.4, -0.2) is 27.4 Å². The molecule has 0 aliphatic heterocycles. The van der Waals surface area contributed by atoms with Crippen LogP contribution < -0.4 is 0 Å². The van der Waals surface area contributed by atoms with Crippen LogP contribution >= 0.6 is 0 Å². The standard InChI is InChI=1S/C10H16O2/c1-11-7-9-5-3-4-6-10(9)8-12-2/h5-6H,3-4,7-8H2,1-2H3. The third-order valence-corrected chi connectivity index (χ3v) is 1.96. The van der Waals surface area contributed by atoms with Gasteiger partial charge in [0.05, 0.1) is 13.2 Å². The molecule has 0 spiro atoms. The van der Waals surface area contributed by atoms with Gasteiger partial charge in [0.2, 0.25) is 0 Å². The fourth-order valence-electron chi connectivity index (χ4n) is 1.39. The number of allylic oxidation sites excluding steroid dienone is 2. The SMILES string of the molecule is COCC1=CCCC=C1COC. The molecule has 0 bridgehead atoms. The average molecular weight is 168 g/mol. The summed E-state index contributed by atoms with van der Waals surface area (Å²) in [6, 6.07) is 0. The van der Waals surface area contributed by atoms with Crippen molar-refractivity contribution in [2.45, 2.75) is 12.8 Å². The van der Waals surface area contributed by atoms with Crippen molar-refractivity contribution >= 4 is 0 Å². The van der Waals surface area contributed by atoms with Gasteiger partial charge in [0.15, 0.2) is 0 Å². The Morgan fingerprint density at radius 2 is 1.42 bits per heavy atom. The van der Waals surface area contributed by atoms with Crippen molar-refractivity contribution in [2.75, 3.05) is 27.4 Å². The van der Waals surface area contributed by atoms with Gasteiger partial charge in [0.25, 0.3) is 0 Å². The van der Waals surface area contributed by atoms with E-state index in [1.54, 1.807) is 14.2 Å². The normalized spacial score (nSPS) is 17.2. The van der Waals surface area contributed by atoms with Crippen molar-refractivity contribution in [2.24, 2.45) is 0 Å². The lowest BCUT2D eigenvalue weighted by molar-refractivity contribution is 0.209. The van der Waals surface area contributed by atoms with Crippen molar-refractivity contribution in [1.29, 1.82) is 0 Å². The molecule has 12 heavy (non-hydrogen) atoms. The molecule has 1 rings (SSSR count). The Bertz CT molecular complexity index is 170. The summed E-state index contributed by atoms with van der Waals surface area (Å²) in [6.45, 7) is 1.41. The molecule has 68 valence electrons. The van der Waals surface area contributed by atoms with E-state index >= 15 is 0 Å². The molecular formula is C10H16O2. The minimum atomic E-state index is 0.704. The lowest BCUT2D eigenvalue weighted by Gasteiger charge is -2.14. The van der Waals surface area contributed by atoms with Crippen molar-refractivity contribution in [1.82, 2.24) is 0 Å². The van der Waals surface area contributed by atoms with E-state index < -0.39 is 0 Å². The molecule has 0 unspecified atom stereocenters. The zero-order valence-corrected chi connectivity index (χ0v) is 7.80. The number of ether oxygens (including phenoxy) is 2. The highest BCUT2D eigenvalue weighted by molar-refractivity contribution is 5.34. The smallest absolute Gasteiger partial charge is 0.0713 e. The molecule has 1 aliphatic carbocycles. The zero-order chi connectivity index (χ0) is 8.81. The van der Waals surface area contributed by atoms with Crippen LogP contribution in [0.25, 0.3) is 0 Å². The number of hydrogen-bond donors (Lipinski definition) is 0. The number of methoxy groups -OCH3 is 2. The minimum Gasteiger partial charge on any atom is -0.380 e. The minimum absolute atomic E-state index is 0.704.